The fourth-order valence-electron chi connectivity index (χ4n) is 0.478. The van der Waals surface area contributed by atoms with Gasteiger partial charge in [-0.05, 0) is 0 Å². The van der Waals surface area contributed by atoms with Gasteiger partial charge in [0.2, 0.25) is 0 Å². The zero-order chi connectivity index (χ0) is 9.61. The molecule has 0 unspecified atom stereocenters. The first-order valence-electron chi connectivity index (χ1n) is 2.96. The van der Waals surface area contributed by atoms with E-state index in [1.165, 1.54) is 22.5 Å². The van der Waals surface area contributed by atoms with E-state index < -0.39 is 10.4 Å². The quantitative estimate of drug-likeness (QED) is 0.502. The number of hydrogen-bond donors (Lipinski definition) is 2. The van der Waals surface area contributed by atoms with Gasteiger partial charge in [-0.3, -0.25) is 9.11 Å². The molecule has 0 fully saturated rings. The molecule has 0 atom stereocenters. The summed E-state index contributed by atoms with van der Waals surface area (Å²) < 4.78 is 33.0. The minimum atomic E-state index is -4.67. The summed E-state index contributed by atoms with van der Waals surface area (Å²) in [6.45, 7) is 0. The van der Waals surface area contributed by atoms with Gasteiger partial charge in [-0.1, -0.05) is 0 Å². The zero-order valence-corrected chi connectivity index (χ0v) is 10.00. The van der Waals surface area contributed by atoms with Gasteiger partial charge in [-0.15, -0.1) is 0 Å². The molecule has 12 heavy (non-hydrogen) atoms. The average molecular weight is 241 g/mol. The van der Waals surface area contributed by atoms with Crippen molar-refractivity contribution >= 4 is 14.6 Å². The van der Waals surface area contributed by atoms with E-state index in [0.717, 1.165) is 0 Å². The van der Waals surface area contributed by atoms with Crippen LogP contribution in [0, 0.1) is 0 Å². The van der Waals surface area contributed by atoms with Gasteiger partial charge in [0.05, 0.1) is 0 Å². The van der Waals surface area contributed by atoms with E-state index in [2.05, 4.69) is 24.3 Å². The van der Waals surface area contributed by atoms with Crippen LogP contribution in [0.1, 0.15) is 0 Å². The van der Waals surface area contributed by atoms with E-state index >= 15 is 0 Å². The first-order valence-corrected chi connectivity index (χ1v) is 5.84. The van der Waals surface area contributed by atoms with Crippen LogP contribution in [0.5, 0.6) is 0 Å². The van der Waals surface area contributed by atoms with E-state index in [4.69, 9.17) is 17.5 Å². The van der Waals surface area contributed by atoms with Crippen molar-refractivity contribution in [2.75, 3.05) is 0 Å². The topological polar surface area (TPSA) is 74.6 Å². The van der Waals surface area contributed by atoms with Crippen molar-refractivity contribution in [3.8, 4) is 0 Å². The molecular formula is C6H7O4SZn. The normalized spacial score (nSPS) is 10.0. The van der Waals surface area contributed by atoms with Gasteiger partial charge in [0.1, 0.15) is 0 Å². The van der Waals surface area contributed by atoms with Crippen LogP contribution in [0.15, 0.2) is 30.3 Å². The van der Waals surface area contributed by atoms with Crippen LogP contribution < -0.4 is 4.16 Å². The van der Waals surface area contributed by atoms with Crippen LogP contribution in [0.3, 0.4) is 0 Å². The van der Waals surface area contributed by atoms with Crippen LogP contribution in [0.4, 0.5) is 0 Å². The molecule has 0 aliphatic carbocycles. The molecule has 4 nitrogen and oxygen atoms in total. The van der Waals surface area contributed by atoms with Crippen molar-refractivity contribution in [3.63, 3.8) is 0 Å². The summed E-state index contributed by atoms with van der Waals surface area (Å²) in [7, 11) is -4.67. The fourth-order valence-corrected chi connectivity index (χ4v) is 1.05. The van der Waals surface area contributed by atoms with Crippen molar-refractivity contribution in [3.05, 3.63) is 30.3 Å². The van der Waals surface area contributed by atoms with Crippen molar-refractivity contribution < 1.29 is 35.8 Å². The minimum absolute atomic E-state index is 1.26. The molecule has 63 valence electrons. The van der Waals surface area contributed by atoms with Gasteiger partial charge >= 0.3 is 63.2 Å². The van der Waals surface area contributed by atoms with Crippen molar-refractivity contribution in [2.24, 2.45) is 0 Å². The zero-order valence-electron chi connectivity index (χ0n) is 6.21. The van der Waals surface area contributed by atoms with E-state index in [-0.39, 0.29) is 0 Å². The third-order valence-corrected chi connectivity index (χ3v) is 1.83. The predicted molar refractivity (Wildman–Crippen MR) is 40.3 cm³/mol. The van der Waals surface area contributed by atoms with Crippen molar-refractivity contribution in [1.29, 1.82) is 0 Å². The maximum absolute atomic E-state index is 8.74. The van der Waals surface area contributed by atoms with Crippen LogP contribution in [-0.2, 0) is 28.7 Å². The summed E-state index contributed by atoms with van der Waals surface area (Å²) in [4.78, 5) is 0. The molecular weight excluding hydrogens is 234 g/mol. The molecule has 0 spiro atoms. The Labute approximate surface area is 80.9 Å². The summed E-state index contributed by atoms with van der Waals surface area (Å²) in [6, 6.07) is 10.5. The van der Waals surface area contributed by atoms with Gasteiger partial charge in [0.25, 0.3) is 0 Å². The molecule has 1 aromatic carbocycles. The Kier molecular flexibility index (Phi) is 5.25. The number of rotatable bonds is 0. The summed E-state index contributed by atoms with van der Waals surface area (Å²) in [5, 5.41) is 0. The maximum atomic E-state index is 8.74. The molecule has 1 rings (SSSR count). The molecule has 1 aromatic rings. The Balaban J connectivity index is 0.000000217. The van der Waals surface area contributed by atoms with Gasteiger partial charge in [0.15, 0.2) is 0 Å². The van der Waals surface area contributed by atoms with Crippen molar-refractivity contribution in [2.45, 2.75) is 0 Å². The standard InChI is InChI=1S/C6H5.H2O4S.Zn/c1-2-4-6-5-3-1;1-5(2,3)4;/h1-5H;(H2,1,2,3,4);. The summed E-state index contributed by atoms with van der Waals surface area (Å²) in [5.74, 6) is 0. The van der Waals surface area contributed by atoms with Gasteiger partial charge in [-0.2, -0.15) is 8.42 Å². The monoisotopic (exact) mass is 239 g/mol. The second kappa shape index (κ2) is 5.37. The predicted octanol–water partition coefficient (Wildman–Crippen LogP) is 0.206. The Hall–Kier alpha value is -0.287. The Morgan fingerprint density at radius 2 is 1.42 bits per heavy atom. The van der Waals surface area contributed by atoms with E-state index in [1.54, 1.807) is 0 Å². The van der Waals surface area contributed by atoms with Crippen LogP contribution in [0.25, 0.3) is 0 Å². The van der Waals surface area contributed by atoms with Gasteiger partial charge in [0, 0.05) is 0 Å². The van der Waals surface area contributed by atoms with Gasteiger partial charge in [-0.25, -0.2) is 0 Å². The van der Waals surface area contributed by atoms with Crippen LogP contribution >= 0.6 is 0 Å². The molecule has 0 saturated carbocycles. The first-order chi connectivity index (χ1) is 5.39. The first kappa shape index (κ1) is 11.7. The SMILES string of the molecule is O=S(=O)(O)O.[Zn][c]1ccccc1. The number of benzene rings is 1. The molecule has 0 radical (unpaired) electrons. The third-order valence-electron chi connectivity index (χ3n) is 0.843. The molecule has 6 heteroatoms. The molecule has 0 amide bonds. The molecule has 0 aromatic heterocycles. The molecule has 0 aliphatic rings. The third kappa shape index (κ3) is 12.4. The average Bonchev–Trinajstić information content (AvgIpc) is 1.85. The molecule has 2 N–H and O–H groups in total. The summed E-state index contributed by atoms with van der Waals surface area (Å²) in [5.41, 5.74) is 0. The summed E-state index contributed by atoms with van der Waals surface area (Å²) in [6.07, 6.45) is 0. The molecule has 0 heterocycles. The second-order valence-electron chi connectivity index (χ2n) is 1.93. The summed E-state index contributed by atoms with van der Waals surface area (Å²) >= 11 is 1.26. The Morgan fingerprint density at radius 1 is 1.08 bits per heavy atom. The molecule has 0 saturated heterocycles. The van der Waals surface area contributed by atoms with E-state index in [0.29, 0.717) is 0 Å². The van der Waals surface area contributed by atoms with Crippen LogP contribution in [-0.4, -0.2) is 17.5 Å². The van der Waals surface area contributed by atoms with E-state index in [1.807, 2.05) is 6.07 Å². The fraction of sp³-hybridized carbons (Fsp3) is 0. The number of hydrogen-bond acceptors (Lipinski definition) is 2. The second-order valence-corrected chi connectivity index (χ2v) is 4.54. The van der Waals surface area contributed by atoms with Gasteiger partial charge < -0.3 is 0 Å². The van der Waals surface area contributed by atoms with Crippen LogP contribution in [0.2, 0.25) is 0 Å². The molecule has 0 bridgehead atoms. The van der Waals surface area contributed by atoms with Crippen molar-refractivity contribution in [1.82, 2.24) is 0 Å². The Bertz CT molecular complexity index is 300. The van der Waals surface area contributed by atoms with E-state index in [9.17, 15) is 0 Å². The Morgan fingerprint density at radius 3 is 1.58 bits per heavy atom. The molecule has 0 aliphatic heterocycles.